The van der Waals surface area contributed by atoms with Crippen molar-refractivity contribution < 1.29 is 9.53 Å². The molecule has 0 aliphatic rings. The molecule has 1 aromatic heterocycles. The monoisotopic (exact) mass is 278 g/mol. The topological polar surface area (TPSA) is 90.1 Å². The number of carbonyl (C=O) groups excluding carboxylic acids is 1. The fourth-order valence-electron chi connectivity index (χ4n) is 1.54. The molecule has 7 heteroatoms. The second-order valence-electron chi connectivity index (χ2n) is 3.59. The minimum atomic E-state index is -0.426. The van der Waals surface area contributed by atoms with Crippen LogP contribution in [0.25, 0.3) is 0 Å². The van der Waals surface area contributed by atoms with Gasteiger partial charge in [0, 0.05) is 11.9 Å². The first-order valence-electron chi connectivity index (χ1n) is 5.34. The Hall–Kier alpha value is -2.34. The molecule has 1 amide bonds. The van der Waals surface area contributed by atoms with Crippen LogP contribution in [-0.2, 0) is 0 Å². The number of hydrogen-bond acceptors (Lipinski definition) is 5. The number of amides is 1. The van der Waals surface area contributed by atoms with Crippen LogP contribution in [0.5, 0.6) is 5.75 Å². The van der Waals surface area contributed by atoms with Crippen molar-refractivity contribution in [2.24, 2.45) is 0 Å². The minimum Gasteiger partial charge on any atom is -0.496 e. The summed E-state index contributed by atoms with van der Waals surface area (Å²) < 4.78 is 5.11. The SMILES string of the molecule is COc1cccc(N)c1C(=O)Nc1ccnc(Cl)n1. The number of rotatable bonds is 3. The molecule has 1 heterocycles. The van der Waals surface area contributed by atoms with E-state index in [1.54, 1.807) is 18.2 Å². The molecule has 0 bridgehead atoms. The lowest BCUT2D eigenvalue weighted by atomic mass is 10.1. The summed E-state index contributed by atoms with van der Waals surface area (Å²) in [6.45, 7) is 0. The molecule has 2 aromatic rings. The molecule has 0 unspecified atom stereocenters. The van der Waals surface area contributed by atoms with Gasteiger partial charge >= 0.3 is 0 Å². The average molecular weight is 279 g/mol. The number of aromatic nitrogens is 2. The van der Waals surface area contributed by atoms with Crippen LogP contribution in [0.1, 0.15) is 10.4 Å². The maximum Gasteiger partial charge on any atom is 0.262 e. The summed E-state index contributed by atoms with van der Waals surface area (Å²) in [7, 11) is 1.47. The molecule has 0 saturated carbocycles. The molecule has 3 N–H and O–H groups in total. The van der Waals surface area contributed by atoms with Crippen LogP contribution in [0.2, 0.25) is 5.28 Å². The molecule has 0 atom stereocenters. The highest BCUT2D eigenvalue weighted by atomic mass is 35.5. The lowest BCUT2D eigenvalue weighted by Gasteiger charge is -2.11. The Morgan fingerprint density at radius 1 is 1.42 bits per heavy atom. The number of hydrogen-bond donors (Lipinski definition) is 2. The molecule has 0 radical (unpaired) electrons. The van der Waals surface area contributed by atoms with Gasteiger partial charge in [-0.05, 0) is 29.8 Å². The molecule has 2 rings (SSSR count). The van der Waals surface area contributed by atoms with Crippen molar-refractivity contribution in [2.45, 2.75) is 0 Å². The summed E-state index contributed by atoms with van der Waals surface area (Å²) in [6, 6.07) is 6.49. The van der Waals surface area contributed by atoms with Crippen molar-refractivity contribution >= 4 is 29.0 Å². The highest BCUT2D eigenvalue weighted by Crippen LogP contribution is 2.24. The molecule has 0 saturated heterocycles. The second kappa shape index (κ2) is 5.53. The number of nitrogens with two attached hydrogens (primary N) is 1. The Kier molecular flexibility index (Phi) is 3.82. The Labute approximate surface area is 114 Å². The molecular formula is C12H11ClN4O2. The molecule has 0 aliphatic heterocycles. The fraction of sp³-hybridized carbons (Fsp3) is 0.0833. The highest BCUT2D eigenvalue weighted by molar-refractivity contribution is 6.28. The summed E-state index contributed by atoms with van der Waals surface area (Å²) >= 11 is 5.64. The first-order valence-corrected chi connectivity index (χ1v) is 5.72. The largest absolute Gasteiger partial charge is 0.496 e. The zero-order valence-electron chi connectivity index (χ0n) is 10.1. The molecule has 1 aromatic carbocycles. The standard InChI is InChI=1S/C12H11ClN4O2/c1-19-8-4-2-3-7(14)10(8)11(18)16-9-5-6-15-12(13)17-9/h2-6H,14H2,1H3,(H,15,16,17,18). The molecule has 6 nitrogen and oxygen atoms in total. The van der Waals surface area contributed by atoms with Crippen LogP contribution < -0.4 is 15.8 Å². The number of anilines is 2. The molecule has 98 valence electrons. The van der Waals surface area contributed by atoms with Gasteiger partial charge in [0.05, 0.1) is 7.11 Å². The fourth-order valence-corrected chi connectivity index (χ4v) is 1.69. The van der Waals surface area contributed by atoms with Gasteiger partial charge in [-0.2, -0.15) is 0 Å². The van der Waals surface area contributed by atoms with E-state index in [9.17, 15) is 4.79 Å². The van der Waals surface area contributed by atoms with Gasteiger partial charge in [0.2, 0.25) is 5.28 Å². The Bertz CT molecular complexity index is 618. The van der Waals surface area contributed by atoms with E-state index >= 15 is 0 Å². The number of nitrogens with one attached hydrogen (secondary N) is 1. The Morgan fingerprint density at radius 3 is 2.89 bits per heavy atom. The van der Waals surface area contributed by atoms with Crippen LogP contribution in [-0.4, -0.2) is 23.0 Å². The number of nitrogens with zero attached hydrogens (tertiary/aromatic N) is 2. The maximum atomic E-state index is 12.2. The lowest BCUT2D eigenvalue weighted by Crippen LogP contribution is -2.16. The van der Waals surface area contributed by atoms with Crippen LogP contribution in [0.15, 0.2) is 30.5 Å². The van der Waals surface area contributed by atoms with E-state index in [0.29, 0.717) is 11.4 Å². The summed E-state index contributed by atoms with van der Waals surface area (Å²) in [5.74, 6) is 0.248. The van der Waals surface area contributed by atoms with Crippen molar-refractivity contribution in [3.05, 3.63) is 41.3 Å². The Balaban J connectivity index is 2.30. The van der Waals surface area contributed by atoms with Gasteiger partial charge in [0.25, 0.3) is 5.91 Å². The predicted molar refractivity (Wildman–Crippen MR) is 72.4 cm³/mol. The molecule has 0 aliphatic carbocycles. The van der Waals surface area contributed by atoms with E-state index < -0.39 is 5.91 Å². The average Bonchev–Trinajstić information content (AvgIpc) is 2.38. The third-order valence-corrected chi connectivity index (χ3v) is 2.56. The van der Waals surface area contributed by atoms with Crippen molar-refractivity contribution in [3.8, 4) is 5.75 Å². The van der Waals surface area contributed by atoms with E-state index in [0.717, 1.165) is 0 Å². The first-order chi connectivity index (χ1) is 9.11. The zero-order chi connectivity index (χ0) is 13.8. The van der Waals surface area contributed by atoms with Crippen LogP contribution in [0.3, 0.4) is 0 Å². The number of ether oxygens (including phenoxy) is 1. The summed E-state index contributed by atoms with van der Waals surface area (Å²) in [4.78, 5) is 19.7. The van der Waals surface area contributed by atoms with Gasteiger partial charge in [-0.15, -0.1) is 0 Å². The number of nitrogen functional groups attached to an aromatic ring is 1. The number of carbonyl (C=O) groups is 1. The number of halogens is 1. The summed E-state index contributed by atoms with van der Waals surface area (Å²) in [5, 5.41) is 2.63. The molecule has 19 heavy (non-hydrogen) atoms. The van der Waals surface area contributed by atoms with Crippen molar-refractivity contribution in [1.82, 2.24) is 9.97 Å². The van der Waals surface area contributed by atoms with Gasteiger partial charge in [0.15, 0.2) is 0 Å². The first kappa shape index (κ1) is 13.1. The molecular weight excluding hydrogens is 268 g/mol. The second-order valence-corrected chi connectivity index (χ2v) is 3.93. The van der Waals surface area contributed by atoms with E-state index in [1.165, 1.54) is 19.4 Å². The van der Waals surface area contributed by atoms with E-state index in [-0.39, 0.29) is 16.7 Å². The van der Waals surface area contributed by atoms with Gasteiger partial charge < -0.3 is 15.8 Å². The predicted octanol–water partition coefficient (Wildman–Crippen LogP) is 1.97. The van der Waals surface area contributed by atoms with Gasteiger partial charge in [-0.3, -0.25) is 4.79 Å². The number of methoxy groups -OCH3 is 1. The van der Waals surface area contributed by atoms with Gasteiger partial charge in [-0.25, -0.2) is 9.97 Å². The van der Waals surface area contributed by atoms with Crippen LogP contribution in [0, 0.1) is 0 Å². The molecule has 0 spiro atoms. The highest BCUT2D eigenvalue weighted by Gasteiger charge is 2.16. The summed E-state index contributed by atoms with van der Waals surface area (Å²) in [5.41, 5.74) is 6.35. The van der Waals surface area contributed by atoms with Crippen molar-refractivity contribution in [2.75, 3.05) is 18.2 Å². The normalized spacial score (nSPS) is 10.0. The van der Waals surface area contributed by atoms with Crippen molar-refractivity contribution in [1.29, 1.82) is 0 Å². The lowest BCUT2D eigenvalue weighted by molar-refractivity contribution is 0.102. The van der Waals surface area contributed by atoms with Gasteiger partial charge in [0.1, 0.15) is 17.1 Å². The third kappa shape index (κ3) is 2.92. The van der Waals surface area contributed by atoms with E-state index in [4.69, 9.17) is 22.1 Å². The van der Waals surface area contributed by atoms with Crippen LogP contribution >= 0.6 is 11.6 Å². The van der Waals surface area contributed by atoms with Crippen molar-refractivity contribution in [3.63, 3.8) is 0 Å². The van der Waals surface area contributed by atoms with Gasteiger partial charge in [-0.1, -0.05) is 6.07 Å². The minimum absolute atomic E-state index is 0.0470. The zero-order valence-corrected chi connectivity index (χ0v) is 10.8. The summed E-state index contributed by atoms with van der Waals surface area (Å²) in [6.07, 6.45) is 1.44. The van der Waals surface area contributed by atoms with Crippen LogP contribution in [0.4, 0.5) is 11.5 Å². The number of benzene rings is 1. The maximum absolute atomic E-state index is 12.2. The van der Waals surface area contributed by atoms with E-state index in [1.807, 2.05) is 0 Å². The Morgan fingerprint density at radius 2 is 2.21 bits per heavy atom. The van der Waals surface area contributed by atoms with E-state index in [2.05, 4.69) is 15.3 Å². The molecule has 0 fully saturated rings. The quantitative estimate of drug-likeness (QED) is 0.662. The third-order valence-electron chi connectivity index (χ3n) is 2.37. The smallest absolute Gasteiger partial charge is 0.262 e.